The monoisotopic (exact) mass is 260 g/mol. The van der Waals surface area contributed by atoms with E-state index >= 15 is 0 Å². The Labute approximate surface area is 112 Å². The highest BCUT2D eigenvalue weighted by molar-refractivity contribution is 5.91. The van der Waals surface area contributed by atoms with Gasteiger partial charge in [0.15, 0.2) is 0 Å². The molecule has 0 radical (unpaired) electrons. The number of carbonyl (C=O) groups excluding carboxylic acids is 1. The number of quaternary nitrogens is 1. The zero-order valence-electron chi connectivity index (χ0n) is 11.2. The van der Waals surface area contributed by atoms with Gasteiger partial charge in [-0.1, -0.05) is 24.3 Å². The summed E-state index contributed by atoms with van der Waals surface area (Å²) in [5.74, 6) is 0.574. The molecule has 0 unspecified atom stereocenters. The molecule has 0 aromatic heterocycles. The van der Waals surface area contributed by atoms with Crippen LogP contribution >= 0.6 is 0 Å². The van der Waals surface area contributed by atoms with E-state index < -0.39 is 0 Å². The van der Waals surface area contributed by atoms with Gasteiger partial charge in [0.1, 0.15) is 18.2 Å². The summed E-state index contributed by atoms with van der Waals surface area (Å²) in [5.41, 5.74) is 5.09. The standard InChI is InChI=1S/C15H17NO3/c1-18-14-8-7-11(13(16)9-15(17)19-2)10-5-3-4-6-12(10)14/h3-8,13H,9,16H2,1-2H3/p+1/t13-/m0/s1. The largest absolute Gasteiger partial charge is 0.496 e. The number of hydrogen-bond donors (Lipinski definition) is 1. The Bertz CT molecular complexity index is 595. The Balaban J connectivity index is 2.47. The SMILES string of the molecule is COC(=O)C[C@H]([NH3+])c1ccc(OC)c2ccccc12. The molecule has 0 aliphatic rings. The highest BCUT2D eigenvalue weighted by Gasteiger charge is 2.18. The number of rotatable bonds is 4. The molecule has 100 valence electrons. The molecule has 3 N–H and O–H groups in total. The second-order valence-electron chi connectivity index (χ2n) is 4.38. The lowest BCUT2D eigenvalue weighted by atomic mass is 9.97. The normalized spacial score (nSPS) is 12.2. The van der Waals surface area contributed by atoms with E-state index in [-0.39, 0.29) is 18.4 Å². The number of carbonyl (C=O) groups is 1. The van der Waals surface area contributed by atoms with Crippen LogP contribution in [0.3, 0.4) is 0 Å². The molecule has 0 bridgehead atoms. The molecule has 0 aliphatic heterocycles. The van der Waals surface area contributed by atoms with Crippen molar-refractivity contribution >= 4 is 16.7 Å². The van der Waals surface area contributed by atoms with E-state index in [9.17, 15) is 4.79 Å². The molecule has 0 aliphatic carbocycles. The van der Waals surface area contributed by atoms with Crippen molar-refractivity contribution in [2.45, 2.75) is 12.5 Å². The summed E-state index contributed by atoms with van der Waals surface area (Å²) >= 11 is 0. The Morgan fingerprint density at radius 1 is 1.16 bits per heavy atom. The van der Waals surface area contributed by atoms with Gasteiger partial charge in [0, 0.05) is 10.9 Å². The summed E-state index contributed by atoms with van der Waals surface area (Å²) < 4.78 is 10.0. The van der Waals surface area contributed by atoms with E-state index in [0.29, 0.717) is 0 Å². The van der Waals surface area contributed by atoms with E-state index in [0.717, 1.165) is 22.1 Å². The number of ether oxygens (including phenoxy) is 2. The molecular formula is C15H18NO3+. The second kappa shape index (κ2) is 5.71. The van der Waals surface area contributed by atoms with E-state index in [2.05, 4.69) is 5.73 Å². The quantitative estimate of drug-likeness (QED) is 0.851. The highest BCUT2D eigenvalue weighted by Crippen LogP contribution is 2.31. The lowest BCUT2D eigenvalue weighted by Gasteiger charge is -2.13. The predicted molar refractivity (Wildman–Crippen MR) is 72.8 cm³/mol. The molecule has 2 aromatic rings. The van der Waals surface area contributed by atoms with Gasteiger partial charge in [-0.2, -0.15) is 0 Å². The molecular weight excluding hydrogens is 242 g/mol. The summed E-state index contributed by atoms with van der Waals surface area (Å²) in [6, 6.07) is 11.7. The average Bonchev–Trinajstić information content (AvgIpc) is 2.45. The van der Waals surface area contributed by atoms with Gasteiger partial charge in [-0.05, 0) is 17.5 Å². The van der Waals surface area contributed by atoms with Crippen molar-refractivity contribution in [2.24, 2.45) is 0 Å². The van der Waals surface area contributed by atoms with Crippen molar-refractivity contribution in [3.63, 3.8) is 0 Å². The summed E-state index contributed by atoms with van der Waals surface area (Å²) in [5, 5.41) is 2.09. The Hall–Kier alpha value is -2.07. The maximum absolute atomic E-state index is 11.4. The van der Waals surface area contributed by atoms with Crippen LogP contribution < -0.4 is 10.5 Å². The minimum Gasteiger partial charge on any atom is -0.496 e. The van der Waals surface area contributed by atoms with Crippen LogP contribution in [0.4, 0.5) is 0 Å². The first-order valence-corrected chi connectivity index (χ1v) is 6.13. The maximum Gasteiger partial charge on any atom is 0.311 e. The fourth-order valence-electron chi connectivity index (χ4n) is 2.22. The van der Waals surface area contributed by atoms with Gasteiger partial charge in [0.2, 0.25) is 0 Å². The fraction of sp³-hybridized carbons (Fsp3) is 0.267. The summed E-state index contributed by atoms with van der Waals surface area (Å²) in [7, 11) is 3.04. The van der Waals surface area contributed by atoms with Crippen molar-refractivity contribution in [2.75, 3.05) is 14.2 Å². The highest BCUT2D eigenvalue weighted by atomic mass is 16.5. The number of benzene rings is 2. The van der Waals surface area contributed by atoms with Crippen molar-refractivity contribution < 1.29 is 20.0 Å². The molecule has 0 fully saturated rings. The van der Waals surface area contributed by atoms with E-state index in [1.165, 1.54) is 7.11 Å². The third-order valence-corrected chi connectivity index (χ3v) is 3.22. The number of esters is 1. The van der Waals surface area contributed by atoms with Crippen molar-refractivity contribution in [3.8, 4) is 5.75 Å². The van der Waals surface area contributed by atoms with Gasteiger partial charge in [0.25, 0.3) is 0 Å². The Morgan fingerprint density at radius 3 is 2.47 bits per heavy atom. The first-order valence-electron chi connectivity index (χ1n) is 6.13. The average molecular weight is 260 g/mol. The second-order valence-corrected chi connectivity index (χ2v) is 4.38. The van der Waals surface area contributed by atoms with Crippen LogP contribution in [0.1, 0.15) is 18.0 Å². The molecule has 0 spiro atoms. The molecule has 4 heteroatoms. The Morgan fingerprint density at radius 2 is 1.84 bits per heavy atom. The minimum atomic E-state index is -0.250. The van der Waals surface area contributed by atoms with E-state index in [4.69, 9.17) is 9.47 Å². The van der Waals surface area contributed by atoms with Gasteiger partial charge in [0.05, 0.1) is 14.2 Å². The summed E-state index contributed by atoms with van der Waals surface area (Å²) in [6.07, 6.45) is 0.271. The van der Waals surface area contributed by atoms with Crippen LogP contribution in [0.2, 0.25) is 0 Å². The van der Waals surface area contributed by atoms with Crippen LogP contribution in [-0.2, 0) is 9.53 Å². The van der Waals surface area contributed by atoms with E-state index in [1.807, 2.05) is 36.4 Å². The van der Waals surface area contributed by atoms with Crippen molar-refractivity contribution in [1.29, 1.82) is 0 Å². The number of hydrogen-bond acceptors (Lipinski definition) is 3. The third kappa shape index (κ3) is 2.69. The van der Waals surface area contributed by atoms with Crippen molar-refractivity contribution in [1.82, 2.24) is 0 Å². The van der Waals surface area contributed by atoms with Crippen LogP contribution in [0.5, 0.6) is 5.75 Å². The third-order valence-electron chi connectivity index (χ3n) is 3.22. The fourth-order valence-corrected chi connectivity index (χ4v) is 2.22. The Kier molecular flexibility index (Phi) is 4.02. The molecule has 0 saturated carbocycles. The minimum absolute atomic E-state index is 0.136. The molecule has 2 aromatic carbocycles. The molecule has 0 amide bonds. The molecule has 0 heterocycles. The van der Waals surface area contributed by atoms with Gasteiger partial charge in [-0.3, -0.25) is 4.79 Å². The lowest BCUT2D eigenvalue weighted by molar-refractivity contribution is -0.425. The number of methoxy groups -OCH3 is 2. The van der Waals surface area contributed by atoms with Crippen LogP contribution in [-0.4, -0.2) is 20.2 Å². The first-order chi connectivity index (χ1) is 9.17. The van der Waals surface area contributed by atoms with E-state index in [1.54, 1.807) is 7.11 Å². The zero-order chi connectivity index (χ0) is 13.8. The maximum atomic E-state index is 11.4. The number of fused-ring (bicyclic) bond motifs is 1. The smallest absolute Gasteiger partial charge is 0.311 e. The van der Waals surface area contributed by atoms with Gasteiger partial charge in [-0.15, -0.1) is 0 Å². The molecule has 0 saturated heterocycles. The van der Waals surface area contributed by atoms with Gasteiger partial charge in [-0.25, -0.2) is 0 Å². The van der Waals surface area contributed by atoms with Crippen molar-refractivity contribution in [3.05, 3.63) is 42.0 Å². The van der Waals surface area contributed by atoms with Crippen LogP contribution in [0.15, 0.2) is 36.4 Å². The molecule has 2 rings (SSSR count). The zero-order valence-corrected chi connectivity index (χ0v) is 11.2. The van der Waals surface area contributed by atoms with Gasteiger partial charge >= 0.3 is 5.97 Å². The first kappa shape index (κ1) is 13.4. The summed E-state index contributed by atoms with van der Waals surface area (Å²) in [4.78, 5) is 11.4. The van der Waals surface area contributed by atoms with Crippen LogP contribution in [0, 0.1) is 0 Å². The molecule has 1 atom stereocenters. The summed E-state index contributed by atoms with van der Waals surface area (Å²) in [6.45, 7) is 0. The topological polar surface area (TPSA) is 63.2 Å². The van der Waals surface area contributed by atoms with Gasteiger partial charge < -0.3 is 15.2 Å². The molecule has 19 heavy (non-hydrogen) atoms. The predicted octanol–water partition coefficient (Wildman–Crippen LogP) is 1.69. The molecule has 4 nitrogen and oxygen atoms in total. The van der Waals surface area contributed by atoms with Crippen LogP contribution in [0.25, 0.3) is 10.8 Å². The lowest BCUT2D eigenvalue weighted by Crippen LogP contribution is -2.54.